The number of aryl methyl sites for hydroxylation is 1. The lowest BCUT2D eigenvalue weighted by molar-refractivity contribution is 0.299. The van der Waals surface area contributed by atoms with Gasteiger partial charge in [-0.15, -0.1) is 0 Å². The largest absolute Gasteiger partial charge is 0.489 e. The molecule has 0 saturated carbocycles. The zero-order valence-corrected chi connectivity index (χ0v) is 24.3. The summed E-state index contributed by atoms with van der Waals surface area (Å²) in [5.41, 5.74) is 10.5. The number of hydrogen-bond acceptors (Lipinski definition) is 3. The first-order valence-electron chi connectivity index (χ1n) is 14.5. The Labute approximate surface area is 254 Å². The minimum absolute atomic E-state index is 0.153. The van der Waals surface area contributed by atoms with Crippen LogP contribution < -0.4 is 4.74 Å². The number of aliphatic hydroxyl groups is 2. The van der Waals surface area contributed by atoms with Crippen molar-refractivity contribution in [1.29, 1.82) is 0 Å². The summed E-state index contributed by atoms with van der Waals surface area (Å²) in [6.45, 7) is 2.84. The molecular formula is C40H34O3. The van der Waals surface area contributed by atoms with Gasteiger partial charge in [0.05, 0.1) is 0 Å². The van der Waals surface area contributed by atoms with Gasteiger partial charge in [0.2, 0.25) is 0 Å². The van der Waals surface area contributed by atoms with E-state index in [1.807, 2.05) is 79.7 Å². The molecule has 0 fully saturated rings. The molecule has 0 aliphatic carbocycles. The summed E-state index contributed by atoms with van der Waals surface area (Å²) in [4.78, 5) is 0. The van der Waals surface area contributed by atoms with Gasteiger partial charge in [0.15, 0.2) is 0 Å². The maximum absolute atomic E-state index is 9.06. The molecule has 5 aromatic carbocycles. The van der Waals surface area contributed by atoms with Crippen molar-refractivity contribution in [2.45, 2.75) is 26.4 Å². The van der Waals surface area contributed by atoms with Crippen LogP contribution in [0.15, 0.2) is 115 Å². The lowest BCUT2D eigenvalue weighted by atomic mass is 10.0. The molecule has 2 N–H and O–H groups in total. The van der Waals surface area contributed by atoms with Crippen molar-refractivity contribution in [3.63, 3.8) is 0 Å². The lowest BCUT2D eigenvalue weighted by Gasteiger charge is -2.10. The molecule has 0 amide bonds. The quantitative estimate of drug-likeness (QED) is 0.198. The minimum Gasteiger partial charge on any atom is -0.489 e. The van der Waals surface area contributed by atoms with Gasteiger partial charge < -0.3 is 14.9 Å². The molecular weight excluding hydrogens is 528 g/mol. The fraction of sp³-hybridized carbons (Fsp3) is 0.150. The zero-order valence-electron chi connectivity index (χ0n) is 24.3. The van der Waals surface area contributed by atoms with E-state index in [9.17, 15) is 0 Å². The van der Waals surface area contributed by atoms with E-state index in [1.165, 1.54) is 0 Å². The molecule has 0 aliphatic heterocycles. The standard InChI is InChI=1S/C40H34O3/c1-30-28-36(13-12-32-6-10-35(11-7-32)25-27-42)18-23-40(30)43-29-37-16-21-39(22-17-37)38-19-14-33(15-20-38)3-2-31-4-8-34(9-5-31)24-26-41/h4-11,14-23,28,41-42H,24-27,29H2,1H3. The summed E-state index contributed by atoms with van der Waals surface area (Å²) in [7, 11) is 0. The van der Waals surface area contributed by atoms with Crippen molar-refractivity contribution in [2.24, 2.45) is 0 Å². The summed E-state index contributed by atoms with van der Waals surface area (Å²) < 4.78 is 6.13. The molecule has 5 aromatic rings. The van der Waals surface area contributed by atoms with Crippen LogP contribution in [0.5, 0.6) is 5.75 Å². The summed E-state index contributed by atoms with van der Waals surface area (Å²) in [5, 5.41) is 18.1. The first kappa shape index (κ1) is 29.4. The highest BCUT2D eigenvalue weighted by molar-refractivity contribution is 5.65. The van der Waals surface area contributed by atoms with Crippen molar-refractivity contribution >= 4 is 0 Å². The van der Waals surface area contributed by atoms with Crippen LogP contribution >= 0.6 is 0 Å². The van der Waals surface area contributed by atoms with Gasteiger partial charge in [-0.2, -0.15) is 0 Å². The predicted molar refractivity (Wildman–Crippen MR) is 174 cm³/mol. The van der Waals surface area contributed by atoms with Crippen LogP contribution in [0, 0.1) is 30.6 Å². The first-order chi connectivity index (χ1) is 21.1. The van der Waals surface area contributed by atoms with E-state index < -0.39 is 0 Å². The van der Waals surface area contributed by atoms with Crippen LogP contribution in [0.3, 0.4) is 0 Å². The van der Waals surface area contributed by atoms with Gasteiger partial charge in [-0.25, -0.2) is 0 Å². The molecule has 0 aliphatic rings. The molecule has 3 heteroatoms. The molecule has 0 unspecified atom stereocenters. The Bertz CT molecular complexity index is 1760. The number of benzene rings is 5. The Morgan fingerprint density at radius 3 is 1.35 bits per heavy atom. The normalized spacial score (nSPS) is 10.3. The van der Waals surface area contributed by atoms with Crippen LogP contribution in [0.1, 0.15) is 44.5 Å². The van der Waals surface area contributed by atoms with Crippen molar-refractivity contribution in [1.82, 2.24) is 0 Å². The lowest BCUT2D eigenvalue weighted by Crippen LogP contribution is -1.97. The molecule has 3 nitrogen and oxygen atoms in total. The molecule has 0 radical (unpaired) electrons. The molecule has 212 valence electrons. The Morgan fingerprint density at radius 2 is 0.884 bits per heavy atom. The molecule has 0 bridgehead atoms. The van der Waals surface area contributed by atoms with E-state index >= 15 is 0 Å². The van der Waals surface area contributed by atoms with Gasteiger partial charge in [0.25, 0.3) is 0 Å². The van der Waals surface area contributed by atoms with E-state index in [1.54, 1.807) is 0 Å². The highest BCUT2D eigenvalue weighted by Gasteiger charge is 2.03. The molecule has 0 saturated heterocycles. The Hall–Kier alpha value is -5.06. The third-order valence-corrected chi connectivity index (χ3v) is 7.15. The van der Waals surface area contributed by atoms with Crippen molar-refractivity contribution in [3.05, 3.63) is 160 Å². The van der Waals surface area contributed by atoms with Crippen molar-refractivity contribution in [2.75, 3.05) is 13.2 Å². The minimum atomic E-state index is 0.153. The Balaban J connectivity index is 1.15. The van der Waals surface area contributed by atoms with Crippen LogP contribution in [-0.2, 0) is 19.4 Å². The van der Waals surface area contributed by atoms with Crippen LogP contribution in [0.25, 0.3) is 11.1 Å². The summed E-state index contributed by atoms with van der Waals surface area (Å²) in [6, 6.07) is 38.7. The van der Waals surface area contributed by atoms with Crippen molar-refractivity contribution < 1.29 is 14.9 Å². The predicted octanol–water partition coefficient (Wildman–Crippen LogP) is 7.11. The van der Waals surface area contributed by atoms with Gasteiger partial charge in [0.1, 0.15) is 12.4 Å². The Morgan fingerprint density at radius 1 is 0.488 bits per heavy atom. The SMILES string of the molecule is Cc1cc(C#Cc2ccc(CCO)cc2)ccc1OCc1ccc(-c2ccc(C#Cc3ccc(CCO)cc3)cc2)cc1. The van der Waals surface area contributed by atoms with Gasteiger partial charge >= 0.3 is 0 Å². The third-order valence-electron chi connectivity index (χ3n) is 7.15. The van der Waals surface area contributed by atoms with Crippen molar-refractivity contribution in [3.8, 4) is 40.6 Å². The highest BCUT2D eigenvalue weighted by atomic mass is 16.5. The van der Waals surface area contributed by atoms with E-state index in [2.05, 4.69) is 66.1 Å². The zero-order chi connectivity index (χ0) is 29.9. The van der Waals surface area contributed by atoms with Gasteiger partial charge in [0, 0.05) is 35.5 Å². The van der Waals surface area contributed by atoms with E-state index in [0.29, 0.717) is 19.4 Å². The molecule has 0 spiro atoms. The van der Waals surface area contributed by atoms with E-state index in [0.717, 1.165) is 61.4 Å². The monoisotopic (exact) mass is 562 g/mol. The average Bonchev–Trinajstić information content (AvgIpc) is 3.04. The van der Waals surface area contributed by atoms with E-state index in [4.69, 9.17) is 14.9 Å². The van der Waals surface area contributed by atoms with Crippen LogP contribution in [-0.4, -0.2) is 23.4 Å². The molecule has 43 heavy (non-hydrogen) atoms. The van der Waals surface area contributed by atoms with Gasteiger partial charge in [-0.3, -0.25) is 0 Å². The second kappa shape index (κ2) is 14.7. The maximum Gasteiger partial charge on any atom is 0.122 e. The second-order valence-electron chi connectivity index (χ2n) is 10.4. The Kier molecular flexibility index (Phi) is 10.1. The topological polar surface area (TPSA) is 49.7 Å². The first-order valence-corrected chi connectivity index (χ1v) is 14.5. The smallest absolute Gasteiger partial charge is 0.122 e. The third kappa shape index (κ3) is 8.48. The van der Waals surface area contributed by atoms with Crippen LogP contribution in [0.4, 0.5) is 0 Å². The summed E-state index contributed by atoms with van der Waals surface area (Å²) in [6.07, 6.45) is 1.33. The highest BCUT2D eigenvalue weighted by Crippen LogP contribution is 2.23. The number of ether oxygens (including phenoxy) is 1. The number of rotatable bonds is 8. The maximum atomic E-state index is 9.06. The summed E-state index contributed by atoms with van der Waals surface area (Å²) >= 11 is 0. The second-order valence-corrected chi connectivity index (χ2v) is 10.4. The fourth-order valence-electron chi connectivity index (χ4n) is 4.65. The molecule has 0 atom stereocenters. The molecule has 5 rings (SSSR count). The fourth-order valence-corrected chi connectivity index (χ4v) is 4.65. The van der Waals surface area contributed by atoms with E-state index in [-0.39, 0.29) is 13.2 Å². The van der Waals surface area contributed by atoms with Gasteiger partial charge in [-0.05, 0) is 108 Å². The molecule has 0 aromatic heterocycles. The average molecular weight is 563 g/mol. The number of aliphatic hydroxyl groups excluding tert-OH is 2. The van der Waals surface area contributed by atoms with Gasteiger partial charge in [-0.1, -0.05) is 84.3 Å². The number of hydrogen-bond donors (Lipinski definition) is 2. The molecule has 0 heterocycles. The summed E-state index contributed by atoms with van der Waals surface area (Å²) in [5.74, 6) is 13.7. The van der Waals surface area contributed by atoms with Crippen LogP contribution in [0.2, 0.25) is 0 Å².